The van der Waals surface area contributed by atoms with E-state index in [1.54, 1.807) is 0 Å². The molecular formula is C17H22O. The summed E-state index contributed by atoms with van der Waals surface area (Å²) in [5, 5.41) is 0. The zero-order chi connectivity index (χ0) is 12.6. The summed E-state index contributed by atoms with van der Waals surface area (Å²) in [5.74, 6) is 0.753. The van der Waals surface area contributed by atoms with Crippen LogP contribution in [0.4, 0.5) is 0 Å². The summed E-state index contributed by atoms with van der Waals surface area (Å²) in [6.45, 7) is 2.16. The molecule has 0 radical (unpaired) electrons. The quantitative estimate of drug-likeness (QED) is 0.713. The molecule has 1 heteroatoms. The van der Waals surface area contributed by atoms with Gasteiger partial charge in [0.25, 0.3) is 0 Å². The molecule has 3 unspecified atom stereocenters. The van der Waals surface area contributed by atoms with E-state index in [2.05, 4.69) is 37.3 Å². The molecule has 0 aromatic heterocycles. The number of rotatable bonds is 2. The van der Waals surface area contributed by atoms with Gasteiger partial charge in [-0.2, -0.15) is 0 Å². The third-order valence-corrected chi connectivity index (χ3v) is 5.12. The molecule has 2 fully saturated rings. The Morgan fingerprint density at radius 3 is 2.72 bits per heavy atom. The standard InChI is InChI=1S/C17H22O/c1-16(13-18)10-14-6-5-9-17(11-14,12-16)15-7-3-2-4-8-15/h2-4,7-8,13-14H,5-6,9-12H2,1H3. The van der Waals surface area contributed by atoms with Crippen LogP contribution in [0.3, 0.4) is 0 Å². The second-order valence-corrected chi connectivity index (χ2v) is 6.76. The Hall–Kier alpha value is -1.11. The summed E-state index contributed by atoms with van der Waals surface area (Å²) in [4.78, 5) is 11.5. The van der Waals surface area contributed by atoms with E-state index >= 15 is 0 Å². The highest BCUT2D eigenvalue weighted by Gasteiger charge is 2.48. The lowest BCUT2D eigenvalue weighted by Crippen LogP contribution is -2.45. The molecule has 2 aliphatic rings. The van der Waals surface area contributed by atoms with Gasteiger partial charge in [-0.05, 0) is 42.6 Å². The Morgan fingerprint density at radius 1 is 1.22 bits per heavy atom. The molecule has 3 atom stereocenters. The third kappa shape index (κ3) is 1.90. The van der Waals surface area contributed by atoms with Gasteiger partial charge < -0.3 is 4.79 Å². The Morgan fingerprint density at radius 2 is 2.00 bits per heavy atom. The SMILES string of the molecule is CC1(C=O)CC2CCCC(c3ccccc3)(C2)C1. The number of carbonyl (C=O) groups excluding carboxylic acids is 1. The summed E-state index contributed by atoms with van der Waals surface area (Å²) in [7, 11) is 0. The maximum absolute atomic E-state index is 11.5. The minimum Gasteiger partial charge on any atom is -0.303 e. The Labute approximate surface area is 110 Å². The molecule has 3 rings (SSSR count). The summed E-state index contributed by atoms with van der Waals surface area (Å²) in [6, 6.07) is 10.9. The Balaban J connectivity index is 2.00. The van der Waals surface area contributed by atoms with Crippen LogP contribution in [-0.4, -0.2) is 6.29 Å². The van der Waals surface area contributed by atoms with Gasteiger partial charge >= 0.3 is 0 Å². The molecule has 1 nitrogen and oxygen atoms in total. The normalized spacial score (nSPS) is 39.3. The van der Waals surface area contributed by atoms with Gasteiger partial charge in [0.2, 0.25) is 0 Å². The largest absolute Gasteiger partial charge is 0.303 e. The van der Waals surface area contributed by atoms with Crippen LogP contribution in [0.1, 0.15) is 51.0 Å². The number of carbonyl (C=O) groups is 1. The van der Waals surface area contributed by atoms with E-state index in [1.807, 2.05) is 0 Å². The van der Waals surface area contributed by atoms with Crippen LogP contribution in [0.2, 0.25) is 0 Å². The predicted octanol–water partition coefficient (Wildman–Crippen LogP) is 4.11. The van der Waals surface area contributed by atoms with Gasteiger partial charge in [0.1, 0.15) is 6.29 Å². The maximum Gasteiger partial charge on any atom is 0.125 e. The van der Waals surface area contributed by atoms with E-state index in [-0.39, 0.29) is 10.8 Å². The fourth-order valence-electron chi connectivity index (χ4n) is 4.57. The van der Waals surface area contributed by atoms with E-state index in [0.717, 1.165) is 18.8 Å². The molecule has 0 N–H and O–H groups in total. The average molecular weight is 242 g/mol. The van der Waals surface area contributed by atoms with Gasteiger partial charge in [-0.25, -0.2) is 0 Å². The van der Waals surface area contributed by atoms with E-state index in [0.29, 0.717) is 0 Å². The monoisotopic (exact) mass is 242 g/mol. The molecule has 2 saturated carbocycles. The summed E-state index contributed by atoms with van der Waals surface area (Å²) in [6.07, 6.45) is 8.57. The number of benzene rings is 1. The van der Waals surface area contributed by atoms with E-state index in [1.165, 1.54) is 37.5 Å². The number of hydrogen-bond donors (Lipinski definition) is 0. The molecule has 0 heterocycles. The molecule has 96 valence electrons. The van der Waals surface area contributed by atoms with Crippen LogP contribution in [-0.2, 0) is 10.2 Å². The van der Waals surface area contributed by atoms with Crippen LogP contribution in [0.15, 0.2) is 30.3 Å². The highest BCUT2D eigenvalue weighted by atomic mass is 16.1. The van der Waals surface area contributed by atoms with Crippen LogP contribution >= 0.6 is 0 Å². The van der Waals surface area contributed by atoms with E-state index in [4.69, 9.17) is 0 Å². The minimum absolute atomic E-state index is 0.0980. The minimum atomic E-state index is -0.0980. The first-order valence-electron chi connectivity index (χ1n) is 7.18. The number of aldehydes is 1. The van der Waals surface area contributed by atoms with Gasteiger partial charge in [-0.1, -0.05) is 50.1 Å². The predicted molar refractivity (Wildman–Crippen MR) is 73.5 cm³/mol. The lowest BCUT2D eigenvalue weighted by atomic mass is 9.52. The fourth-order valence-corrected chi connectivity index (χ4v) is 4.57. The molecule has 18 heavy (non-hydrogen) atoms. The molecule has 1 aromatic rings. The van der Waals surface area contributed by atoms with Crippen molar-refractivity contribution in [3.63, 3.8) is 0 Å². The maximum atomic E-state index is 11.5. The van der Waals surface area contributed by atoms with Crippen LogP contribution in [0.5, 0.6) is 0 Å². The second-order valence-electron chi connectivity index (χ2n) is 6.76. The van der Waals surface area contributed by atoms with E-state index < -0.39 is 0 Å². The summed E-state index contributed by atoms with van der Waals surface area (Å²) in [5.41, 5.74) is 1.64. The molecule has 2 bridgehead atoms. The molecule has 0 aliphatic heterocycles. The first-order chi connectivity index (χ1) is 8.66. The lowest BCUT2D eigenvalue weighted by molar-refractivity contribution is -0.120. The first kappa shape index (κ1) is 12.0. The smallest absolute Gasteiger partial charge is 0.125 e. The highest BCUT2D eigenvalue weighted by Crippen LogP contribution is 2.55. The highest BCUT2D eigenvalue weighted by molar-refractivity contribution is 5.60. The van der Waals surface area contributed by atoms with Gasteiger partial charge in [0.15, 0.2) is 0 Å². The Bertz CT molecular complexity index is 438. The van der Waals surface area contributed by atoms with Crippen molar-refractivity contribution in [3.8, 4) is 0 Å². The lowest BCUT2D eigenvalue weighted by Gasteiger charge is -2.51. The van der Waals surface area contributed by atoms with Crippen molar-refractivity contribution in [1.82, 2.24) is 0 Å². The van der Waals surface area contributed by atoms with E-state index in [9.17, 15) is 4.79 Å². The first-order valence-corrected chi connectivity index (χ1v) is 7.18. The van der Waals surface area contributed by atoms with Crippen molar-refractivity contribution in [2.45, 2.75) is 50.9 Å². The fraction of sp³-hybridized carbons (Fsp3) is 0.588. The topological polar surface area (TPSA) is 17.1 Å². The Kier molecular flexibility index (Phi) is 2.80. The molecule has 1 aromatic carbocycles. The van der Waals surface area contributed by atoms with Crippen LogP contribution in [0, 0.1) is 11.3 Å². The number of fused-ring (bicyclic) bond motifs is 2. The van der Waals surface area contributed by atoms with Gasteiger partial charge in [-0.15, -0.1) is 0 Å². The number of hydrogen-bond acceptors (Lipinski definition) is 1. The zero-order valence-electron chi connectivity index (χ0n) is 11.2. The third-order valence-electron chi connectivity index (χ3n) is 5.12. The molecule has 0 amide bonds. The van der Waals surface area contributed by atoms with Crippen molar-refractivity contribution in [3.05, 3.63) is 35.9 Å². The van der Waals surface area contributed by atoms with Crippen molar-refractivity contribution in [2.24, 2.45) is 11.3 Å². The van der Waals surface area contributed by atoms with Crippen molar-refractivity contribution >= 4 is 6.29 Å². The average Bonchev–Trinajstić information content (AvgIpc) is 2.39. The van der Waals surface area contributed by atoms with Crippen LogP contribution in [0.25, 0.3) is 0 Å². The molecule has 2 aliphatic carbocycles. The second kappa shape index (κ2) is 4.22. The zero-order valence-corrected chi connectivity index (χ0v) is 11.2. The van der Waals surface area contributed by atoms with Gasteiger partial charge in [0.05, 0.1) is 0 Å². The molecule has 0 saturated heterocycles. The molecular weight excluding hydrogens is 220 g/mol. The van der Waals surface area contributed by atoms with Crippen molar-refractivity contribution < 1.29 is 4.79 Å². The molecule has 0 spiro atoms. The van der Waals surface area contributed by atoms with Gasteiger partial charge in [-0.3, -0.25) is 0 Å². The van der Waals surface area contributed by atoms with Crippen molar-refractivity contribution in [1.29, 1.82) is 0 Å². The van der Waals surface area contributed by atoms with Gasteiger partial charge in [0, 0.05) is 5.41 Å². The summed E-state index contributed by atoms with van der Waals surface area (Å²) >= 11 is 0. The van der Waals surface area contributed by atoms with Crippen molar-refractivity contribution in [2.75, 3.05) is 0 Å². The van der Waals surface area contributed by atoms with Crippen LogP contribution < -0.4 is 0 Å². The summed E-state index contributed by atoms with van der Waals surface area (Å²) < 4.78 is 0.